The van der Waals surface area contributed by atoms with E-state index in [1.165, 1.54) is 23.1 Å². The van der Waals surface area contributed by atoms with Crippen LogP contribution in [0, 0.1) is 6.92 Å². The van der Waals surface area contributed by atoms with Gasteiger partial charge in [0.1, 0.15) is 12.6 Å². The van der Waals surface area contributed by atoms with Crippen molar-refractivity contribution in [3.63, 3.8) is 0 Å². The Bertz CT molecular complexity index is 1450. The third-order valence-electron chi connectivity index (χ3n) is 6.26. The minimum absolute atomic E-state index is 0.00443. The molecule has 3 aromatic rings. The highest BCUT2D eigenvalue weighted by Crippen LogP contribution is 2.30. The summed E-state index contributed by atoms with van der Waals surface area (Å²) in [5.74, 6) is -0.984. The zero-order valence-electron chi connectivity index (χ0n) is 22.7. The lowest BCUT2D eigenvalue weighted by molar-refractivity contribution is -0.140. The number of carbonyl (C=O) groups is 2. The molecule has 1 N–H and O–H groups in total. The Morgan fingerprint density at radius 2 is 1.52 bits per heavy atom. The lowest BCUT2D eigenvalue weighted by Crippen LogP contribution is -2.53. The molecule has 0 aliphatic heterocycles. The van der Waals surface area contributed by atoms with Gasteiger partial charge in [0, 0.05) is 33.2 Å². The second-order valence-electron chi connectivity index (χ2n) is 9.57. The van der Waals surface area contributed by atoms with E-state index in [1.807, 2.05) is 13.8 Å². The molecule has 0 saturated heterocycles. The van der Waals surface area contributed by atoms with Crippen LogP contribution in [0.25, 0.3) is 0 Å². The molecule has 0 radical (unpaired) electrons. The van der Waals surface area contributed by atoms with Gasteiger partial charge in [0.2, 0.25) is 11.8 Å². The third-order valence-corrected chi connectivity index (χ3v) is 9.16. The van der Waals surface area contributed by atoms with Gasteiger partial charge >= 0.3 is 0 Å². The number of rotatable bonds is 11. The first-order valence-corrected chi connectivity index (χ1v) is 15.3. The first kappa shape index (κ1) is 31.7. The monoisotopic (exact) mass is 623 g/mol. The van der Waals surface area contributed by atoms with Crippen LogP contribution in [-0.4, -0.2) is 43.8 Å². The highest BCUT2D eigenvalue weighted by molar-refractivity contribution is 7.92. The van der Waals surface area contributed by atoms with Gasteiger partial charge in [-0.05, 0) is 69.2 Å². The third kappa shape index (κ3) is 7.49. The van der Waals surface area contributed by atoms with Gasteiger partial charge in [0.05, 0.1) is 10.6 Å². The number of hydrogen-bond acceptors (Lipinski definition) is 4. The predicted octanol–water partition coefficient (Wildman–Crippen LogP) is 6.48. The SMILES string of the molecule is CCC(C(=O)NC(C)C)N(Cc1c(Cl)cccc1Cl)C(=O)CN(c1ccc(C)c(Cl)c1)S(=O)(=O)c1ccccc1. The molecule has 1 unspecified atom stereocenters. The number of hydrogen-bond donors (Lipinski definition) is 1. The van der Waals surface area contributed by atoms with E-state index < -0.39 is 28.5 Å². The second kappa shape index (κ2) is 13.7. The van der Waals surface area contributed by atoms with Gasteiger partial charge in [-0.2, -0.15) is 0 Å². The van der Waals surface area contributed by atoms with E-state index in [9.17, 15) is 18.0 Å². The molecule has 0 heterocycles. The fourth-order valence-corrected chi connectivity index (χ4v) is 6.26. The summed E-state index contributed by atoms with van der Waals surface area (Å²) in [5, 5.41) is 3.84. The molecule has 3 rings (SSSR count). The van der Waals surface area contributed by atoms with Crippen molar-refractivity contribution in [1.82, 2.24) is 10.2 Å². The number of sulfonamides is 1. The highest BCUT2D eigenvalue weighted by atomic mass is 35.5. The molecule has 0 aromatic heterocycles. The molecule has 2 amide bonds. The summed E-state index contributed by atoms with van der Waals surface area (Å²) < 4.78 is 28.7. The van der Waals surface area contributed by atoms with Gasteiger partial charge in [0.25, 0.3) is 10.0 Å². The molecule has 7 nitrogen and oxygen atoms in total. The standard InChI is InChI=1S/C29H32Cl3N3O4S/c1-5-27(29(37)33-19(2)3)34(17-23-24(30)12-9-13-25(23)31)28(36)18-35(21-15-14-20(4)26(32)16-21)40(38,39)22-10-7-6-8-11-22/h6-16,19,27H,5,17-18H2,1-4H3,(H,33,37). The number of halogens is 3. The summed E-state index contributed by atoms with van der Waals surface area (Å²) in [6.07, 6.45) is 0.272. The van der Waals surface area contributed by atoms with Crippen molar-refractivity contribution in [2.75, 3.05) is 10.8 Å². The number of benzene rings is 3. The maximum Gasteiger partial charge on any atom is 0.264 e. The average molecular weight is 625 g/mol. The minimum Gasteiger partial charge on any atom is -0.352 e. The number of anilines is 1. The summed E-state index contributed by atoms with van der Waals surface area (Å²) in [6.45, 7) is 6.51. The van der Waals surface area contributed by atoms with Crippen molar-refractivity contribution in [1.29, 1.82) is 0 Å². The van der Waals surface area contributed by atoms with Gasteiger partial charge in [-0.25, -0.2) is 8.42 Å². The zero-order valence-corrected chi connectivity index (χ0v) is 25.8. The lowest BCUT2D eigenvalue weighted by atomic mass is 10.1. The molecule has 0 aliphatic rings. The van der Waals surface area contributed by atoms with E-state index in [0.717, 1.165) is 9.87 Å². The summed E-state index contributed by atoms with van der Waals surface area (Å²) in [4.78, 5) is 28.7. The van der Waals surface area contributed by atoms with Crippen LogP contribution in [0.1, 0.15) is 38.3 Å². The van der Waals surface area contributed by atoms with Crippen molar-refractivity contribution in [2.45, 2.75) is 57.6 Å². The van der Waals surface area contributed by atoms with E-state index in [2.05, 4.69) is 5.32 Å². The van der Waals surface area contributed by atoms with Crippen molar-refractivity contribution in [3.05, 3.63) is 92.9 Å². The van der Waals surface area contributed by atoms with Crippen LogP contribution in [-0.2, 0) is 26.2 Å². The first-order chi connectivity index (χ1) is 18.9. The van der Waals surface area contributed by atoms with Crippen molar-refractivity contribution >= 4 is 62.3 Å². The Kier molecular flexibility index (Phi) is 10.9. The fraction of sp³-hybridized carbons (Fsp3) is 0.310. The van der Waals surface area contributed by atoms with Gasteiger partial charge in [-0.3, -0.25) is 13.9 Å². The van der Waals surface area contributed by atoms with E-state index in [1.54, 1.807) is 62.4 Å². The van der Waals surface area contributed by atoms with E-state index >= 15 is 0 Å². The largest absolute Gasteiger partial charge is 0.352 e. The molecule has 214 valence electrons. The van der Waals surface area contributed by atoms with E-state index in [0.29, 0.717) is 20.6 Å². The topological polar surface area (TPSA) is 86.8 Å². The van der Waals surface area contributed by atoms with Crippen LogP contribution >= 0.6 is 34.8 Å². The van der Waals surface area contributed by atoms with Crippen molar-refractivity contribution < 1.29 is 18.0 Å². The van der Waals surface area contributed by atoms with Crippen LogP contribution in [0.5, 0.6) is 0 Å². The Hall–Kier alpha value is -2.78. The maximum absolute atomic E-state index is 14.1. The fourth-order valence-electron chi connectivity index (χ4n) is 4.14. The smallest absolute Gasteiger partial charge is 0.264 e. The van der Waals surface area contributed by atoms with Crippen LogP contribution in [0.2, 0.25) is 15.1 Å². The predicted molar refractivity (Wildman–Crippen MR) is 162 cm³/mol. The van der Waals surface area contributed by atoms with E-state index in [-0.39, 0.29) is 35.5 Å². The summed E-state index contributed by atoms with van der Waals surface area (Å²) in [6, 6.07) is 16.5. The lowest BCUT2D eigenvalue weighted by Gasteiger charge is -2.34. The molecule has 1 atom stereocenters. The van der Waals surface area contributed by atoms with Crippen LogP contribution in [0.15, 0.2) is 71.6 Å². The number of carbonyl (C=O) groups excluding carboxylic acids is 2. The van der Waals surface area contributed by atoms with Gasteiger partial charge < -0.3 is 10.2 Å². The van der Waals surface area contributed by atoms with Crippen LogP contribution in [0.3, 0.4) is 0 Å². The normalized spacial score (nSPS) is 12.2. The summed E-state index contributed by atoms with van der Waals surface area (Å²) >= 11 is 19.2. The van der Waals surface area contributed by atoms with Gasteiger partial charge in [-0.1, -0.05) is 72.1 Å². The molecule has 0 saturated carbocycles. The highest BCUT2D eigenvalue weighted by Gasteiger charge is 2.34. The zero-order chi connectivity index (χ0) is 29.6. The molecule has 40 heavy (non-hydrogen) atoms. The molecule has 11 heteroatoms. The quantitative estimate of drug-likeness (QED) is 0.265. The van der Waals surface area contributed by atoms with Crippen LogP contribution in [0.4, 0.5) is 5.69 Å². The van der Waals surface area contributed by atoms with E-state index in [4.69, 9.17) is 34.8 Å². The molecule has 0 spiro atoms. The Labute approximate surface area is 251 Å². The first-order valence-electron chi connectivity index (χ1n) is 12.7. The summed E-state index contributed by atoms with van der Waals surface area (Å²) in [7, 11) is -4.20. The number of nitrogens with one attached hydrogen (secondary N) is 1. The van der Waals surface area contributed by atoms with Crippen molar-refractivity contribution in [2.24, 2.45) is 0 Å². The molecule has 3 aromatic carbocycles. The van der Waals surface area contributed by atoms with Crippen LogP contribution < -0.4 is 9.62 Å². The number of amides is 2. The molecule has 0 aliphatic carbocycles. The minimum atomic E-state index is -4.20. The number of aryl methyl sites for hydroxylation is 1. The number of nitrogens with zero attached hydrogens (tertiary/aromatic N) is 2. The van der Waals surface area contributed by atoms with Gasteiger partial charge in [-0.15, -0.1) is 0 Å². The molecule has 0 bridgehead atoms. The molecular formula is C29H32Cl3N3O4S. The Morgan fingerprint density at radius 1 is 0.900 bits per heavy atom. The van der Waals surface area contributed by atoms with Gasteiger partial charge in [0.15, 0.2) is 0 Å². The Balaban J connectivity index is 2.12. The summed E-state index contributed by atoms with van der Waals surface area (Å²) in [5.41, 5.74) is 1.41. The second-order valence-corrected chi connectivity index (χ2v) is 12.7. The Morgan fingerprint density at radius 3 is 2.08 bits per heavy atom. The maximum atomic E-state index is 14.1. The van der Waals surface area contributed by atoms with Crippen molar-refractivity contribution in [3.8, 4) is 0 Å². The molecular weight excluding hydrogens is 593 g/mol. The average Bonchev–Trinajstić information content (AvgIpc) is 2.90. The molecule has 0 fully saturated rings.